The molecule has 1 aliphatic rings. The number of benzene rings is 2. The number of carbonyl (C=O) groups is 1. The van der Waals surface area contributed by atoms with E-state index < -0.39 is 0 Å². The van der Waals surface area contributed by atoms with Gasteiger partial charge < -0.3 is 15.3 Å². The molecule has 0 radical (unpaired) electrons. The molecule has 0 saturated carbocycles. The fourth-order valence-corrected chi connectivity index (χ4v) is 3.36. The van der Waals surface area contributed by atoms with Crippen LogP contribution in [0.1, 0.15) is 25.3 Å². The van der Waals surface area contributed by atoms with Crippen LogP contribution in [0.15, 0.2) is 42.5 Å². The number of fused-ring (bicyclic) bond motifs is 1. The van der Waals surface area contributed by atoms with Crippen LogP contribution in [-0.4, -0.2) is 41.3 Å². The zero-order valence-corrected chi connectivity index (χ0v) is 13.5. The maximum atomic E-state index is 12.3. The third-order valence-corrected chi connectivity index (χ3v) is 4.57. The molecule has 0 bridgehead atoms. The zero-order valence-electron chi connectivity index (χ0n) is 13.5. The van der Waals surface area contributed by atoms with Gasteiger partial charge in [0.05, 0.1) is 12.6 Å². The van der Waals surface area contributed by atoms with Crippen LogP contribution in [0.4, 0.5) is 4.79 Å². The molecule has 2 aromatic carbocycles. The van der Waals surface area contributed by atoms with Crippen LogP contribution >= 0.6 is 0 Å². The molecular weight excluding hydrogens is 288 g/mol. The van der Waals surface area contributed by atoms with Gasteiger partial charge >= 0.3 is 6.03 Å². The van der Waals surface area contributed by atoms with E-state index in [2.05, 4.69) is 35.6 Å². The highest BCUT2D eigenvalue weighted by Crippen LogP contribution is 2.18. The third kappa shape index (κ3) is 3.64. The van der Waals surface area contributed by atoms with E-state index >= 15 is 0 Å². The lowest BCUT2D eigenvalue weighted by Crippen LogP contribution is -2.47. The molecule has 2 amide bonds. The van der Waals surface area contributed by atoms with Crippen LogP contribution in [0, 0.1) is 0 Å². The Morgan fingerprint density at radius 3 is 2.87 bits per heavy atom. The molecule has 1 aliphatic heterocycles. The van der Waals surface area contributed by atoms with Crippen LogP contribution < -0.4 is 5.32 Å². The number of likely N-dealkylation sites (tertiary alicyclic amines) is 1. The van der Waals surface area contributed by atoms with Gasteiger partial charge in [-0.05, 0) is 42.5 Å². The fourth-order valence-electron chi connectivity index (χ4n) is 3.36. The number of aliphatic hydroxyl groups is 1. The van der Waals surface area contributed by atoms with Crippen molar-refractivity contribution in [2.24, 2.45) is 0 Å². The van der Waals surface area contributed by atoms with Gasteiger partial charge in [-0.3, -0.25) is 0 Å². The fraction of sp³-hybridized carbons (Fsp3) is 0.421. The number of nitrogens with zero attached hydrogens (tertiary/aromatic N) is 1. The summed E-state index contributed by atoms with van der Waals surface area (Å²) in [4.78, 5) is 14.1. The van der Waals surface area contributed by atoms with Crippen LogP contribution in [0.25, 0.3) is 10.8 Å². The van der Waals surface area contributed by atoms with Gasteiger partial charge in [-0.25, -0.2) is 4.79 Å². The van der Waals surface area contributed by atoms with Crippen molar-refractivity contribution < 1.29 is 9.90 Å². The minimum absolute atomic E-state index is 0.0251. The molecule has 1 unspecified atom stereocenters. The van der Waals surface area contributed by atoms with E-state index in [-0.39, 0.29) is 24.7 Å². The molecule has 122 valence electrons. The molecule has 1 heterocycles. The van der Waals surface area contributed by atoms with Gasteiger partial charge in [0.1, 0.15) is 0 Å². The molecule has 3 rings (SSSR count). The molecule has 0 spiro atoms. The number of amides is 2. The summed E-state index contributed by atoms with van der Waals surface area (Å²) in [6, 6.07) is 14.7. The first-order valence-electron chi connectivity index (χ1n) is 8.33. The van der Waals surface area contributed by atoms with E-state index in [9.17, 15) is 9.90 Å². The van der Waals surface area contributed by atoms with E-state index in [4.69, 9.17) is 0 Å². The molecule has 0 aliphatic carbocycles. The summed E-state index contributed by atoms with van der Waals surface area (Å²) < 4.78 is 0. The highest BCUT2D eigenvalue weighted by atomic mass is 16.3. The second-order valence-electron chi connectivity index (χ2n) is 6.41. The Labute approximate surface area is 137 Å². The average Bonchev–Trinajstić information content (AvgIpc) is 3.03. The van der Waals surface area contributed by atoms with Crippen molar-refractivity contribution in [1.82, 2.24) is 10.2 Å². The first-order valence-corrected chi connectivity index (χ1v) is 8.33. The summed E-state index contributed by atoms with van der Waals surface area (Å²) in [5, 5.41) is 14.8. The lowest BCUT2D eigenvalue weighted by atomic mass is 10.0. The molecule has 1 saturated heterocycles. The topological polar surface area (TPSA) is 52.6 Å². The SMILES string of the molecule is CC(Cc1ccc2ccccc2c1)NC(=O)N1CCC[C@H]1CO. The minimum atomic E-state index is -0.0603. The van der Waals surface area contributed by atoms with Gasteiger partial charge in [0.2, 0.25) is 0 Å². The lowest BCUT2D eigenvalue weighted by Gasteiger charge is -2.25. The normalized spacial score (nSPS) is 19.0. The van der Waals surface area contributed by atoms with Gasteiger partial charge in [-0.15, -0.1) is 0 Å². The van der Waals surface area contributed by atoms with Gasteiger partial charge in [0.15, 0.2) is 0 Å². The van der Waals surface area contributed by atoms with Gasteiger partial charge in [0, 0.05) is 12.6 Å². The molecule has 2 atom stereocenters. The highest BCUT2D eigenvalue weighted by molar-refractivity contribution is 5.83. The van der Waals surface area contributed by atoms with Crippen molar-refractivity contribution >= 4 is 16.8 Å². The quantitative estimate of drug-likeness (QED) is 0.912. The predicted molar refractivity (Wildman–Crippen MR) is 92.5 cm³/mol. The summed E-state index contributed by atoms with van der Waals surface area (Å²) in [5.41, 5.74) is 1.22. The molecular formula is C19H24N2O2. The van der Waals surface area contributed by atoms with Crippen molar-refractivity contribution in [2.75, 3.05) is 13.2 Å². The van der Waals surface area contributed by atoms with Crippen molar-refractivity contribution in [3.63, 3.8) is 0 Å². The van der Waals surface area contributed by atoms with Gasteiger partial charge in [-0.2, -0.15) is 0 Å². The molecule has 0 aromatic heterocycles. The van der Waals surface area contributed by atoms with E-state index in [1.807, 2.05) is 19.1 Å². The van der Waals surface area contributed by atoms with Crippen molar-refractivity contribution in [3.8, 4) is 0 Å². The minimum Gasteiger partial charge on any atom is -0.394 e. The smallest absolute Gasteiger partial charge is 0.317 e. The Bertz CT molecular complexity index is 686. The third-order valence-electron chi connectivity index (χ3n) is 4.57. The van der Waals surface area contributed by atoms with Crippen LogP contribution in [0.3, 0.4) is 0 Å². The van der Waals surface area contributed by atoms with Crippen molar-refractivity contribution in [3.05, 3.63) is 48.0 Å². The maximum Gasteiger partial charge on any atom is 0.317 e. The lowest BCUT2D eigenvalue weighted by molar-refractivity contribution is 0.155. The second kappa shape index (κ2) is 7.01. The standard InChI is InChI=1S/C19H24N2O2/c1-14(20-19(23)21-10-4-7-18(21)13-22)11-15-8-9-16-5-2-3-6-17(16)12-15/h2-3,5-6,8-9,12,14,18,22H,4,7,10-11,13H2,1H3,(H,20,23)/t14?,18-/m0/s1. The molecule has 4 nitrogen and oxygen atoms in total. The highest BCUT2D eigenvalue weighted by Gasteiger charge is 2.28. The molecule has 4 heteroatoms. The van der Waals surface area contributed by atoms with E-state index in [1.165, 1.54) is 16.3 Å². The summed E-state index contributed by atoms with van der Waals surface area (Å²) in [6.45, 7) is 2.81. The molecule has 23 heavy (non-hydrogen) atoms. The Balaban J connectivity index is 1.61. The molecule has 2 aromatic rings. The number of rotatable bonds is 4. The number of hydrogen-bond donors (Lipinski definition) is 2. The average molecular weight is 312 g/mol. The van der Waals surface area contributed by atoms with E-state index in [1.54, 1.807) is 4.90 Å². The van der Waals surface area contributed by atoms with Crippen molar-refractivity contribution in [2.45, 2.75) is 38.3 Å². The first kappa shape index (κ1) is 15.8. The summed E-state index contributed by atoms with van der Waals surface area (Å²) >= 11 is 0. The number of nitrogens with one attached hydrogen (secondary N) is 1. The molecule has 1 fully saturated rings. The second-order valence-corrected chi connectivity index (χ2v) is 6.41. The Hall–Kier alpha value is -2.07. The number of hydrogen-bond acceptors (Lipinski definition) is 2. The van der Waals surface area contributed by atoms with Crippen LogP contribution in [-0.2, 0) is 6.42 Å². The van der Waals surface area contributed by atoms with Crippen LogP contribution in [0.2, 0.25) is 0 Å². The Morgan fingerprint density at radius 1 is 1.30 bits per heavy atom. The first-order chi connectivity index (χ1) is 11.2. The number of urea groups is 1. The zero-order chi connectivity index (χ0) is 16.2. The Kier molecular flexibility index (Phi) is 4.82. The van der Waals surface area contributed by atoms with E-state index in [0.29, 0.717) is 0 Å². The number of aliphatic hydroxyl groups excluding tert-OH is 1. The monoisotopic (exact) mass is 312 g/mol. The van der Waals surface area contributed by atoms with Crippen molar-refractivity contribution in [1.29, 1.82) is 0 Å². The number of carbonyl (C=O) groups excluding carboxylic acids is 1. The van der Waals surface area contributed by atoms with Crippen LogP contribution in [0.5, 0.6) is 0 Å². The Morgan fingerprint density at radius 2 is 2.09 bits per heavy atom. The predicted octanol–water partition coefficient (Wildman–Crippen LogP) is 2.94. The summed E-state index contributed by atoms with van der Waals surface area (Å²) in [6.07, 6.45) is 2.66. The van der Waals surface area contributed by atoms with Gasteiger partial charge in [-0.1, -0.05) is 42.5 Å². The summed E-state index contributed by atoms with van der Waals surface area (Å²) in [7, 11) is 0. The van der Waals surface area contributed by atoms with E-state index in [0.717, 1.165) is 25.8 Å². The molecule has 2 N–H and O–H groups in total. The summed E-state index contributed by atoms with van der Waals surface area (Å²) in [5.74, 6) is 0. The largest absolute Gasteiger partial charge is 0.394 e. The maximum absolute atomic E-state index is 12.3. The van der Waals surface area contributed by atoms with Gasteiger partial charge in [0.25, 0.3) is 0 Å².